The molecule has 0 unspecified atom stereocenters. The molecular formula is C17H18FN3O. The van der Waals surface area contributed by atoms with Crippen molar-refractivity contribution in [3.05, 3.63) is 59.2 Å². The highest BCUT2D eigenvalue weighted by molar-refractivity contribution is 5.58. The number of rotatable bonds is 4. The molecule has 2 heterocycles. The number of nitrogens with zero attached hydrogens (tertiary/aromatic N) is 2. The van der Waals surface area contributed by atoms with Crippen LogP contribution in [0, 0.1) is 19.7 Å². The summed E-state index contributed by atoms with van der Waals surface area (Å²) in [7, 11) is 1.86. The molecule has 0 aliphatic heterocycles. The Labute approximate surface area is 128 Å². The molecule has 0 bridgehead atoms. The molecule has 114 valence electrons. The molecule has 0 aliphatic carbocycles. The molecule has 3 rings (SSSR count). The molecule has 4 nitrogen and oxygen atoms in total. The predicted molar refractivity (Wildman–Crippen MR) is 84.1 cm³/mol. The number of nitrogens with one attached hydrogen (secondary N) is 1. The number of benzene rings is 1. The highest BCUT2D eigenvalue weighted by atomic mass is 19.1. The van der Waals surface area contributed by atoms with Crippen LogP contribution < -0.4 is 5.32 Å². The van der Waals surface area contributed by atoms with E-state index in [9.17, 15) is 4.39 Å². The molecule has 0 spiro atoms. The molecule has 3 aromatic rings. The first-order valence-corrected chi connectivity index (χ1v) is 7.12. The molecular weight excluding hydrogens is 281 g/mol. The number of anilines is 1. The summed E-state index contributed by atoms with van der Waals surface area (Å²) in [6, 6.07) is 8.94. The van der Waals surface area contributed by atoms with Crippen molar-refractivity contribution in [1.29, 1.82) is 0 Å². The van der Waals surface area contributed by atoms with E-state index in [0.717, 1.165) is 28.3 Å². The minimum absolute atomic E-state index is 0.251. The summed E-state index contributed by atoms with van der Waals surface area (Å²) in [6.45, 7) is 4.24. The SMILES string of the molecule is Cc1ccc(NCc2cn(C)nc2-c2ccc(C)o2)c(F)c1. The quantitative estimate of drug-likeness (QED) is 0.790. The van der Waals surface area contributed by atoms with Crippen LogP contribution in [-0.4, -0.2) is 9.78 Å². The molecule has 2 aromatic heterocycles. The number of hydrogen-bond donors (Lipinski definition) is 1. The van der Waals surface area contributed by atoms with Crippen LogP contribution in [0.5, 0.6) is 0 Å². The molecule has 5 heteroatoms. The van der Waals surface area contributed by atoms with Gasteiger partial charge < -0.3 is 9.73 Å². The lowest BCUT2D eigenvalue weighted by Gasteiger charge is -2.07. The fourth-order valence-corrected chi connectivity index (χ4v) is 2.39. The van der Waals surface area contributed by atoms with Crippen LogP contribution in [0.25, 0.3) is 11.5 Å². The summed E-state index contributed by atoms with van der Waals surface area (Å²) in [5.74, 6) is 1.31. The lowest BCUT2D eigenvalue weighted by molar-refractivity contribution is 0.544. The van der Waals surface area contributed by atoms with Crippen LogP contribution in [0.3, 0.4) is 0 Å². The zero-order valence-corrected chi connectivity index (χ0v) is 12.9. The summed E-state index contributed by atoms with van der Waals surface area (Å²) < 4.78 is 21.3. The van der Waals surface area contributed by atoms with Crippen molar-refractivity contribution in [3.63, 3.8) is 0 Å². The maximum atomic E-state index is 13.9. The van der Waals surface area contributed by atoms with E-state index in [4.69, 9.17) is 4.42 Å². The second kappa shape index (κ2) is 5.67. The highest BCUT2D eigenvalue weighted by Gasteiger charge is 2.13. The Bertz CT molecular complexity index is 804. The van der Waals surface area contributed by atoms with Crippen molar-refractivity contribution < 1.29 is 8.81 Å². The van der Waals surface area contributed by atoms with Gasteiger partial charge in [-0.05, 0) is 43.7 Å². The summed E-state index contributed by atoms with van der Waals surface area (Å²) in [4.78, 5) is 0. The van der Waals surface area contributed by atoms with Crippen LogP contribution in [0.2, 0.25) is 0 Å². The third-order valence-electron chi connectivity index (χ3n) is 3.47. The summed E-state index contributed by atoms with van der Waals surface area (Å²) in [6.07, 6.45) is 1.91. The maximum Gasteiger partial charge on any atom is 0.154 e. The zero-order chi connectivity index (χ0) is 15.7. The van der Waals surface area contributed by atoms with Gasteiger partial charge >= 0.3 is 0 Å². The first-order valence-electron chi connectivity index (χ1n) is 7.12. The third kappa shape index (κ3) is 2.88. The van der Waals surface area contributed by atoms with E-state index in [0.29, 0.717) is 12.2 Å². The van der Waals surface area contributed by atoms with E-state index in [1.807, 2.05) is 45.3 Å². The first-order chi connectivity index (χ1) is 10.5. The lowest BCUT2D eigenvalue weighted by Crippen LogP contribution is -2.02. The average Bonchev–Trinajstić information content (AvgIpc) is 3.04. The van der Waals surface area contributed by atoms with Gasteiger partial charge in [0, 0.05) is 25.4 Å². The number of furan rings is 1. The first kappa shape index (κ1) is 14.4. The Hall–Kier alpha value is -2.56. The van der Waals surface area contributed by atoms with Gasteiger partial charge in [0.25, 0.3) is 0 Å². The minimum atomic E-state index is -0.251. The number of aromatic nitrogens is 2. The predicted octanol–water partition coefficient (Wildman–Crippen LogP) is 4.05. The molecule has 1 aromatic carbocycles. The number of aryl methyl sites for hydroxylation is 3. The average molecular weight is 299 g/mol. The molecule has 0 aliphatic rings. The standard InChI is InChI=1S/C17H18FN3O/c1-11-4-6-15(14(18)8-11)19-9-13-10-21(3)20-17(13)16-7-5-12(2)22-16/h4-8,10,19H,9H2,1-3H3. The van der Waals surface area contributed by atoms with Crippen molar-refractivity contribution >= 4 is 5.69 Å². The topological polar surface area (TPSA) is 43.0 Å². The van der Waals surface area contributed by atoms with E-state index in [2.05, 4.69) is 10.4 Å². The molecule has 0 atom stereocenters. The number of halogens is 1. The molecule has 0 radical (unpaired) electrons. The fourth-order valence-electron chi connectivity index (χ4n) is 2.39. The zero-order valence-electron chi connectivity index (χ0n) is 12.9. The van der Waals surface area contributed by atoms with Gasteiger partial charge in [-0.25, -0.2) is 4.39 Å². The normalized spacial score (nSPS) is 10.9. The van der Waals surface area contributed by atoms with E-state index >= 15 is 0 Å². The van der Waals surface area contributed by atoms with Crippen LogP contribution >= 0.6 is 0 Å². The fraction of sp³-hybridized carbons (Fsp3) is 0.235. The Morgan fingerprint density at radius 1 is 1.23 bits per heavy atom. The van der Waals surface area contributed by atoms with Gasteiger partial charge in [-0.1, -0.05) is 6.07 Å². The van der Waals surface area contributed by atoms with Gasteiger partial charge in [0.05, 0.1) is 5.69 Å². The van der Waals surface area contributed by atoms with Crippen molar-refractivity contribution in [2.45, 2.75) is 20.4 Å². The van der Waals surface area contributed by atoms with E-state index < -0.39 is 0 Å². The van der Waals surface area contributed by atoms with Gasteiger partial charge in [-0.15, -0.1) is 0 Å². The smallest absolute Gasteiger partial charge is 0.154 e. The Kier molecular flexibility index (Phi) is 3.71. The summed E-state index contributed by atoms with van der Waals surface area (Å²) in [5.41, 5.74) is 3.11. The Morgan fingerprint density at radius 3 is 2.73 bits per heavy atom. The highest BCUT2D eigenvalue weighted by Crippen LogP contribution is 2.25. The number of hydrogen-bond acceptors (Lipinski definition) is 3. The largest absolute Gasteiger partial charge is 0.460 e. The molecule has 0 amide bonds. The van der Waals surface area contributed by atoms with Crippen molar-refractivity contribution in [3.8, 4) is 11.5 Å². The van der Waals surface area contributed by atoms with Gasteiger partial charge in [0.2, 0.25) is 0 Å². The second-order valence-corrected chi connectivity index (χ2v) is 5.42. The van der Waals surface area contributed by atoms with Crippen molar-refractivity contribution in [2.24, 2.45) is 7.05 Å². The molecule has 0 saturated carbocycles. The van der Waals surface area contributed by atoms with E-state index in [-0.39, 0.29) is 5.82 Å². The monoisotopic (exact) mass is 299 g/mol. The molecule has 0 saturated heterocycles. The van der Waals surface area contributed by atoms with E-state index in [1.165, 1.54) is 6.07 Å². The molecule has 0 fully saturated rings. The summed E-state index contributed by atoms with van der Waals surface area (Å²) in [5, 5.41) is 7.55. The van der Waals surface area contributed by atoms with Crippen LogP contribution in [0.4, 0.5) is 10.1 Å². The van der Waals surface area contributed by atoms with Crippen molar-refractivity contribution in [1.82, 2.24) is 9.78 Å². The summed E-state index contributed by atoms with van der Waals surface area (Å²) >= 11 is 0. The maximum absolute atomic E-state index is 13.9. The molecule has 22 heavy (non-hydrogen) atoms. The Balaban J connectivity index is 1.84. The van der Waals surface area contributed by atoms with Crippen LogP contribution in [0.15, 0.2) is 40.9 Å². The Morgan fingerprint density at radius 2 is 2.05 bits per heavy atom. The van der Waals surface area contributed by atoms with Gasteiger partial charge in [0.1, 0.15) is 17.3 Å². The van der Waals surface area contributed by atoms with Gasteiger partial charge in [-0.2, -0.15) is 5.10 Å². The molecule has 1 N–H and O–H groups in total. The van der Waals surface area contributed by atoms with Crippen LogP contribution in [-0.2, 0) is 13.6 Å². The van der Waals surface area contributed by atoms with E-state index in [1.54, 1.807) is 10.7 Å². The lowest BCUT2D eigenvalue weighted by atomic mass is 10.2. The third-order valence-corrected chi connectivity index (χ3v) is 3.47. The minimum Gasteiger partial charge on any atom is -0.460 e. The van der Waals surface area contributed by atoms with Crippen LogP contribution in [0.1, 0.15) is 16.9 Å². The van der Waals surface area contributed by atoms with Gasteiger partial charge in [-0.3, -0.25) is 4.68 Å². The van der Waals surface area contributed by atoms with Crippen molar-refractivity contribution in [2.75, 3.05) is 5.32 Å². The van der Waals surface area contributed by atoms with Gasteiger partial charge in [0.15, 0.2) is 5.76 Å². The second-order valence-electron chi connectivity index (χ2n) is 5.42.